The van der Waals surface area contributed by atoms with E-state index in [2.05, 4.69) is 20.2 Å². The Morgan fingerprint density at radius 2 is 2.05 bits per heavy atom. The van der Waals surface area contributed by atoms with E-state index in [-0.39, 0.29) is 0 Å². The van der Waals surface area contributed by atoms with Gasteiger partial charge < -0.3 is 15.0 Å². The lowest BCUT2D eigenvalue weighted by Gasteiger charge is -2.25. The molecule has 1 unspecified atom stereocenters. The Bertz CT molecular complexity index is 398. The molecule has 3 rings (SSSR count). The van der Waals surface area contributed by atoms with Crippen LogP contribution in [0, 0.1) is 5.92 Å². The van der Waals surface area contributed by atoms with Gasteiger partial charge in [-0.15, -0.1) is 0 Å². The van der Waals surface area contributed by atoms with Crippen LogP contribution in [0.4, 0.5) is 5.95 Å². The smallest absolute Gasteiger partial charge is 0.225 e. The van der Waals surface area contributed by atoms with E-state index in [1.165, 1.54) is 25.7 Å². The number of methoxy groups -OCH3 is 1. The van der Waals surface area contributed by atoms with Gasteiger partial charge >= 0.3 is 0 Å². The summed E-state index contributed by atoms with van der Waals surface area (Å²) in [5, 5.41) is 3.55. The van der Waals surface area contributed by atoms with Gasteiger partial charge in [-0.05, 0) is 38.1 Å². The van der Waals surface area contributed by atoms with Gasteiger partial charge in [0.25, 0.3) is 0 Å². The Morgan fingerprint density at radius 1 is 1.26 bits per heavy atom. The van der Waals surface area contributed by atoms with Gasteiger partial charge in [0.15, 0.2) is 5.75 Å². The minimum atomic E-state index is 0.587. The molecule has 1 aromatic rings. The maximum atomic E-state index is 5.12. The SMILES string of the molecule is COc1cnc(N(CC2CC2)CC2CCCN2)nc1. The number of anilines is 1. The van der Waals surface area contributed by atoms with Crippen molar-refractivity contribution in [2.24, 2.45) is 5.92 Å². The summed E-state index contributed by atoms with van der Waals surface area (Å²) in [6.45, 7) is 3.25. The second kappa shape index (κ2) is 5.74. The maximum Gasteiger partial charge on any atom is 0.225 e. The molecule has 2 fully saturated rings. The van der Waals surface area contributed by atoms with Gasteiger partial charge in [0, 0.05) is 19.1 Å². The zero-order chi connectivity index (χ0) is 13.1. The minimum absolute atomic E-state index is 0.587. The minimum Gasteiger partial charge on any atom is -0.494 e. The van der Waals surface area contributed by atoms with Crippen LogP contribution >= 0.6 is 0 Å². The van der Waals surface area contributed by atoms with E-state index in [4.69, 9.17) is 4.74 Å². The highest BCUT2D eigenvalue weighted by atomic mass is 16.5. The molecule has 1 aliphatic heterocycles. The van der Waals surface area contributed by atoms with Gasteiger partial charge in [-0.1, -0.05) is 0 Å². The molecule has 1 N–H and O–H groups in total. The van der Waals surface area contributed by atoms with Crippen molar-refractivity contribution < 1.29 is 4.74 Å². The van der Waals surface area contributed by atoms with Crippen molar-refractivity contribution in [1.29, 1.82) is 0 Å². The van der Waals surface area contributed by atoms with Crippen LogP contribution in [-0.2, 0) is 0 Å². The lowest BCUT2D eigenvalue weighted by molar-refractivity contribution is 0.410. The van der Waals surface area contributed by atoms with Gasteiger partial charge in [-0.25, -0.2) is 9.97 Å². The van der Waals surface area contributed by atoms with Crippen LogP contribution in [0.25, 0.3) is 0 Å². The summed E-state index contributed by atoms with van der Waals surface area (Å²) in [5.41, 5.74) is 0. The van der Waals surface area contributed by atoms with E-state index in [1.54, 1.807) is 19.5 Å². The van der Waals surface area contributed by atoms with Crippen molar-refractivity contribution in [3.05, 3.63) is 12.4 Å². The molecule has 2 heterocycles. The molecule has 1 aromatic heterocycles. The predicted octanol–water partition coefficient (Wildman–Crippen LogP) is 1.45. The molecule has 2 aliphatic rings. The molecule has 0 aromatic carbocycles. The van der Waals surface area contributed by atoms with Crippen molar-refractivity contribution in [3.8, 4) is 5.75 Å². The van der Waals surface area contributed by atoms with E-state index < -0.39 is 0 Å². The molecule has 0 amide bonds. The first-order chi connectivity index (χ1) is 9.35. The fraction of sp³-hybridized carbons (Fsp3) is 0.714. The molecule has 0 radical (unpaired) electrons. The molecule has 0 spiro atoms. The standard InChI is InChI=1S/C14H22N4O/c1-19-13-7-16-14(17-8-13)18(9-11-4-5-11)10-12-3-2-6-15-12/h7-8,11-12,15H,2-6,9-10H2,1H3. The summed E-state index contributed by atoms with van der Waals surface area (Å²) in [7, 11) is 1.64. The largest absolute Gasteiger partial charge is 0.494 e. The first-order valence-electron chi connectivity index (χ1n) is 7.19. The van der Waals surface area contributed by atoms with Crippen LogP contribution in [0.3, 0.4) is 0 Å². The lowest BCUT2D eigenvalue weighted by Crippen LogP contribution is -2.39. The zero-order valence-electron chi connectivity index (χ0n) is 11.5. The van der Waals surface area contributed by atoms with Gasteiger partial charge in [-0.3, -0.25) is 0 Å². The number of hydrogen-bond donors (Lipinski definition) is 1. The third-order valence-corrected chi connectivity index (χ3v) is 3.91. The van der Waals surface area contributed by atoms with Gasteiger partial charge in [0.05, 0.1) is 19.5 Å². The Kier molecular flexibility index (Phi) is 3.82. The normalized spacial score (nSPS) is 22.5. The fourth-order valence-electron chi connectivity index (χ4n) is 2.61. The third-order valence-electron chi connectivity index (χ3n) is 3.91. The Morgan fingerprint density at radius 3 is 2.63 bits per heavy atom. The predicted molar refractivity (Wildman–Crippen MR) is 74.5 cm³/mol. The van der Waals surface area contributed by atoms with Crippen molar-refractivity contribution in [2.45, 2.75) is 31.7 Å². The number of aromatic nitrogens is 2. The summed E-state index contributed by atoms with van der Waals surface area (Å²) in [6, 6.07) is 0.587. The van der Waals surface area contributed by atoms with Crippen molar-refractivity contribution >= 4 is 5.95 Å². The third kappa shape index (κ3) is 3.35. The van der Waals surface area contributed by atoms with Gasteiger partial charge in [0.1, 0.15) is 0 Å². The fourth-order valence-corrected chi connectivity index (χ4v) is 2.61. The number of nitrogens with one attached hydrogen (secondary N) is 1. The number of rotatable bonds is 6. The van der Waals surface area contributed by atoms with Crippen LogP contribution < -0.4 is 15.0 Å². The van der Waals surface area contributed by atoms with Crippen LogP contribution in [0.2, 0.25) is 0 Å². The quantitative estimate of drug-likeness (QED) is 0.841. The summed E-state index contributed by atoms with van der Waals surface area (Å²) in [5.74, 6) is 2.39. The monoisotopic (exact) mass is 262 g/mol. The highest BCUT2D eigenvalue weighted by molar-refractivity contribution is 5.32. The Hall–Kier alpha value is -1.36. The second-order valence-corrected chi connectivity index (χ2v) is 5.56. The summed E-state index contributed by atoms with van der Waals surface area (Å²) in [6.07, 6.45) is 8.76. The van der Waals surface area contributed by atoms with Crippen molar-refractivity contribution in [1.82, 2.24) is 15.3 Å². The van der Waals surface area contributed by atoms with Gasteiger partial charge in [-0.2, -0.15) is 0 Å². The van der Waals surface area contributed by atoms with Crippen LogP contribution in [0.1, 0.15) is 25.7 Å². The van der Waals surface area contributed by atoms with Crippen molar-refractivity contribution in [3.63, 3.8) is 0 Å². The van der Waals surface area contributed by atoms with Crippen LogP contribution in [0.15, 0.2) is 12.4 Å². The zero-order valence-corrected chi connectivity index (χ0v) is 11.5. The average molecular weight is 262 g/mol. The highest BCUT2D eigenvalue weighted by Crippen LogP contribution is 2.31. The molecule has 0 bridgehead atoms. The van der Waals surface area contributed by atoms with E-state index in [9.17, 15) is 0 Å². The highest BCUT2D eigenvalue weighted by Gasteiger charge is 2.27. The van der Waals surface area contributed by atoms with Gasteiger partial charge in [0.2, 0.25) is 5.95 Å². The van der Waals surface area contributed by atoms with Crippen LogP contribution in [-0.4, -0.2) is 42.8 Å². The molecule has 1 saturated carbocycles. The first kappa shape index (κ1) is 12.7. The maximum absolute atomic E-state index is 5.12. The van der Waals surface area contributed by atoms with Crippen LogP contribution in [0.5, 0.6) is 5.75 Å². The Labute approximate surface area is 114 Å². The first-order valence-corrected chi connectivity index (χ1v) is 7.19. The lowest BCUT2D eigenvalue weighted by atomic mass is 10.2. The number of nitrogens with zero attached hydrogens (tertiary/aromatic N) is 3. The molecule has 5 heteroatoms. The molecule has 104 valence electrons. The topological polar surface area (TPSA) is 50.3 Å². The molecule has 1 saturated heterocycles. The molecule has 19 heavy (non-hydrogen) atoms. The van der Waals surface area contributed by atoms with E-state index in [1.807, 2.05) is 0 Å². The summed E-state index contributed by atoms with van der Waals surface area (Å²) >= 11 is 0. The molecule has 5 nitrogen and oxygen atoms in total. The summed E-state index contributed by atoms with van der Waals surface area (Å²) < 4.78 is 5.12. The van der Waals surface area contributed by atoms with E-state index in [0.29, 0.717) is 11.8 Å². The van der Waals surface area contributed by atoms with Crippen molar-refractivity contribution in [2.75, 3.05) is 31.6 Å². The van der Waals surface area contributed by atoms with E-state index in [0.717, 1.165) is 31.5 Å². The average Bonchev–Trinajstić information content (AvgIpc) is 3.12. The molecular formula is C14H22N4O. The molecule has 1 aliphatic carbocycles. The second-order valence-electron chi connectivity index (χ2n) is 5.56. The molecule has 1 atom stereocenters. The summed E-state index contributed by atoms with van der Waals surface area (Å²) in [4.78, 5) is 11.2. The number of ether oxygens (including phenoxy) is 1. The van der Waals surface area contributed by atoms with E-state index >= 15 is 0 Å². The molecular weight excluding hydrogens is 240 g/mol. The Balaban J connectivity index is 1.68. The number of hydrogen-bond acceptors (Lipinski definition) is 5.